The minimum absolute atomic E-state index is 0.203. The Morgan fingerprint density at radius 3 is 2.81 bits per heavy atom. The van der Waals surface area contributed by atoms with Crippen LogP contribution in [0, 0.1) is 0 Å². The lowest BCUT2D eigenvalue weighted by Crippen LogP contribution is -2.38. The van der Waals surface area contributed by atoms with Gasteiger partial charge in [-0.2, -0.15) is 13.2 Å². The minimum atomic E-state index is -4.17. The van der Waals surface area contributed by atoms with Gasteiger partial charge in [-0.25, -0.2) is 4.98 Å². The van der Waals surface area contributed by atoms with Gasteiger partial charge in [-0.05, 0) is 72.2 Å². The minimum Gasteiger partial charge on any atom is -0.346 e. The summed E-state index contributed by atoms with van der Waals surface area (Å²) < 4.78 is 39.0. The average Bonchev–Trinajstić information content (AvgIpc) is 3.41. The van der Waals surface area contributed by atoms with E-state index in [1.165, 1.54) is 16.0 Å². The van der Waals surface area contributed by atoms with Gasteiger partial charge < -0.3 is 10.3 Å². The highest BCUT2D eigenvalue weighted by Crippen LogP contribution is 2.36. The number of nitrogens with one attached hydrogen (secondary N) is 2. The molecule has 2 aliphatic rings. The highest BCUT2D eigenvalue weighted by molar-refractivity contribution is 5.85. The van der Waals surface area contributed by atoms with E-state index in [1.807, 2.05) is 12.4 Å². The normalized spacial score (nSPS) is 19.8. The zero-order valence-electron chi connectivity index (χ0n) is 17.6. The summed E-state index contributed by atoms with van der Waals surface area (Å²) in [6, 6.07) is 6.74. The van der Waals surface area contributed by atoms with Crippen molar-refractivity contribution < 1.29 is 13.2 Å². The van der Waals surface area contributed by atoms with E-state index in [9.17, 15) is 13.2 Å². The van der Waals surface area contributed by atoms with E-state index in [1.54, 1.807) is 0 Å². The molecule has 2 aliphatic heterocycles. The van der Waals surface area contributed by atoms with Crippen LogP contribution >= 0.6 is 0 Å². The standard InChI is InChI=1S/C24H27F3N4/c1-2-15-11-29-23-19(15)10-18(12-30-23)17-8-16-5-7-31(14-24(25,26)27)13-21(16)20(9-17)22-4-3-6-28-22/h8-12,22,28H,2-7,13-14H2,1H3,(H,29,30). The second kappa shape index (κ2) is 7.95. The topological polar surface area (TPSA) is 44.0 Å². The lowest BCUT2D eigenvalue weighted by atomic mass is 9.87. The van der Waals surface area contributed by atoms with Crippen LogP contribution in [0.15, 0.2) is 30.6 Å². The van der Waals surface area contributed by atoms with Crippen LogP contribution in [-0.4, -0.2) is 40.7 Å². The van der Waals surface area contributed by atoms with Crippen LogP contribution in [-0.2, 0) is 19.4 Å². The Bertz CT molecular complexity index is 1100. The maximum absolute atomic E-state index is 13.0. The predicted molar refractivity (Wildman–Crippen MR) is 116 cm³/mol. The fourth-order valence-corrected chi connectivity index (χ4v) is 5.08. The number of rotatable bonds is 4. The zero-order chi connectivity index (χ0) is 21.6. The van der Waals surface area contributed by atoms with Crippen molar-refractivity contribution in [3.05, 3.63) is 52.8 Å². The zero-order valence-corrected chi connectivity index (χ0v) is 17.6. The Morgan fingerprint density at radius 1 is 1.19 bits per heavy atom. The second-order valence-electron chi connectivity index (χ2n) is 8.72. The van der Waals surface area contributed by atoms with Gasteiger partial charge in [0.25, 0.3) is 0 Å². The molecule has 0 bridgehead atoms. The maximum Gasteiger partial charge on any atom is 0.401 e. The van der Waals surface area contributed by atoms with Gasteiger partial charge in [0, 0.05) is 42.5 Å². The summed E-state index contributed by atoms with van der Waals surface area (Å²) in [6.07, 6.45) is 3.41. The Kier molecular flexibility index (Phi) is 5.26. The van der Waals surface area contributed by atoms with E-state index in [2.05, 4.69) is 40.4 Å². The van der Waals surface area contributed by atoms with Crippen LogP contribution in [0.2, 0.25) is 0 Å². The summed E-state index contributed by atoms with van der Waals surface area (Å²) in [6.45, 7) is 3.03. The van der Waals surface area contributed by atoms with E-state index in [-0.39, 0.29) is 6.04 Å². The summed E-state index contributed by atoms with van der Waals surface area (Å²) in [5.41, 5.74) is 7.68. The van der Waals surface area contributed by atoms with E-state index in [0.717, 1.165) is 59.1 Å². The molecule has 0 radical (unpaired) electrons. The SMILES string of the molecule is CCc1c[nH]c2ncc(-c3cc4c(c(C5CCCN5)c3)CN(CC(F)(F)F)CC4)cc12. The molecular formula is C24H27F3N4. The molecule has 2 aromatic heterocycles. The lowest BCUT2D eigenvalue weighted by Gasteiger charge is -2.32. The number of aryl methyl sites for hydroxylation is 1. The summed E-state index contributed by atoms with van der Waals surface area (Å²) in [7, 11) is 0. The number of nitrogens with zero attached hydrogens (tertiary/aromatic N) is 2. The van der Waals surface area contributed by atoms with Crippen LogP contribution < -0.4 is 5.32 Å². The number of hydrogen-bond donors (Lipinski definition) is 2. The third-order valence-corrected chi connectivity index (χ3v) is 6.63. The van der Waals surface area contributed by atoms with Gasteiger partial charge in [0.05, 0.1) is 6.54 Å². The number of aromatic nitrogens is 2. The van der Waals surface area contributed by atoms with Crippen molar-refractivity contribution in [2.45, 2.75) is 51.4 Å². The van der Waals surface area contributed by atoms with Gasteiger partial charge in [-0.15, -0.1) is 0 Å². The monoisotopic (exact) mass is 428 g/mol. The number of fused-ring (bicyclic) bond motifs is 2. The highest BCUT2D eigenvalue weighted by atomic mass is 19.4. The van der Waals surface area contributed by atoms with Crippen LogP contribution in [0.3, 0.4) is 0 Å². The summed E-state index contributed by atoms with van der Waals surface area (Å²) in [5.74, 6) is 0. The number of alkyl halides is 3. The van der Waals surface area contributed by atoms with Crippen LogP contribution in [0.25, 0.3) is 22.2 Å². The second-order valence-corrected chi connectivity index (χ2v) is 8.72. The first kappa shape index (κ1) is 20.5. The van der Waals surface area contributed by atoms with Crippen LogP contribution in [0.4, 0.5) is 13.2 Å². The number of halogens is 3. The highest BCUT2D eigenvalue weighted by Gasteiger charge is 2.33. The van der Waals surface area contributed by atoms with Gasteiger partial charge in [0.1, 0.15) is 5.65 Å². The largest absolute Gasteiger partial charge is 0.401 e. The quantitative estimate of drug-likeness (QED) is 0.605. The average molecular weight is 429 g/mol. The van der Waals surface area contributed by atoms with Gasteiger partial charge in [-0.3, -0.25) is 4.90 Å². The smallest absolute Gasteiger partial charge is 0.346 e. The predicted octanol–water partition coefficient (Wildman–Crippen LogP) is 5.14. The first-order valence-corrected chi connectivity index (χ1v) is 11.1. The van der Waals surface area contributed by atoms with Gasteiger partial charge in [0.2, 0.25) is 0 Å². The molecule has 1 atom stereocenters. The lowest BCUT2D eigenvalue weighted by molar-refractivity contribution is -0.147. The molecule has 4 heterocycles. The van der Waals surface area contributed by atoms with Crippen molar-refractivity contribution >= 4 is 11.0 Å². The Hall–Kier alpha value is -2.38. The van der Waals surface area contributed by atoms with Gasteiger partial charge >= 0.3 is 6.18 Å². The summed E-state index contributed by atoms with van der Waals surface area (Å²) >= 11 is 0. The molecule has 0 saturated carbocycles. The van der Waals surface area contributed by atoms with Crippen molar-refractivity contribution in [3.8, 4) is 11.1 Å². The molecule has 0 amide bonds. The van der Waals surface area contributed by atoms with Crippen LogP contribution in [0.1, 0.15) is 48.1 Å². The van der Waals surface area contributed by atoms with Crippen molar-refractivity contribution in [2.75, 3.05) is 19.6 Å². The molecule has 1 unspecified atom stereocenters. The van der Waals surface area contributed by atoms with E-state index in [0.29, 0.717) is 19.5 Å². The molecule has 1 fully saturated rings. The van der Waals surface area contributed by atoms with Crippen molar-refractivity contribution in [1.82, 2.24) is 20.2 Å². The fraction of sp³-hybridized carbons (Fsp3) is 0.458. The molecule has 3 aromatic rings. The number of aromatic amines is 1. The first-order valence-electron chi connectivity index (χ1n) is 11.1. The van der Waals surface area contributed by atoms with Gasteiger partial charge in [0.15, 0.2) is 0 Å². The van der Waals surface area contributed by atoms with Crippen molar-refractivity contribution in [1.29, 1.82) is 0 Å². The molecule has 5 rings (SSSR count). The van der Waals surface area contributed by atoms with E-state index in [4.69, 9.17) is 0 Å². The third-order valence-electron chi connectivity index (χ3n) is 6.63. The van der Waals surface area contributed by atoms with Gasteiger partial charge in [-0.1, -0.05) is 13.0 Å². The number of hydrogen-bond acceptors (Lipinski definition) is 3. The molecule has 0 spiro atoms. The molecule has 0 aliphatic carbocycles. The first-order chi connectivity index (χ1) is 14.9. The fourth-order valence-electron chi connectivity index (χ4n) is 5.08. The van der Waals surface area contributed by atoms with Crippen molar-refractivity contribution in [3.63, 3.8) is 0 Å². The number of H-pyrrole nitrogens is 1. The molecule has 1 saturated heterocycles. The molecular weight excluding hydrogens is 401 g/mol. The van der Waals surface area contributed by atoms with Crippen molar-refractivity contribution in [2.24, 2.45) is 0 Å². The number of benzene rings is 1. The molecule has 164 valence electrons. The Morgan fingerprint density at radius 2 is 2.06 bits per heavy atom. The third kappa shape index (κ3) is 4.08. The maximum atomic E-state index is 13.0. The van der Waals surface area contributed by atoms with E-state index >= 15 is 0 Å². The molecule has 7 heteroatoms. The molecule has 4 nitrogen and oxygen atoms in total. The van der Waals surface area contributed by atoms with Crippen LogP contribution in [0.5, 0.6) is 0 Å². The van der Waals surface area contributed by atoms with E-state index < -0.39 is 12.7 Å². The summed E-state index contributed by atoms with van der Waals surface area (Å²) in [5, 5.41) is 4.68. The molecule has 2 N–H and O–H groups in total. The number of pyridine rings is 1. The Balaban J connectivity index is 1.57. The summed E-state index contributed by atoms with van der Waals surface area (Å²) in [4.78, 5) is 9.37. The molecule has 31 heavy (non-hydrogen) atoms. The molecule has 1 aromatic carbocycles. The Labute approximate surface area is 179 Å².